The van der Waals surface area contributed by atoms with Crippen LogP contribution in [0.2, 0.25) is 10.0 Å². The molecule has 0 radical (unpaired) electrons. The molecule has 0 aliphatic rings. The number of carbonyl (C=O) groups is 2. The Hall–Kier alpha value is -3.04. The number of ketones is 1. The summed E-state index contributed by atoms with van der Waals surface area (Å²) in [5, 5.41) is 11.1. The zero-order valence-corrected chi connectivity index (χ0v) is 21.8. The molecule has 1 amide bonds. The van der Waals surface area contributed by atoms with Gasteiger partial charge in [-0.2, -0.15) is 10.2 Å². The topological polar surface area (TPSA) is 108 Å². The van der Waals surface area contributed by atoms with Crippen LogP contribution >= 0.6 is 23.2 Å². The Morgan fingerprint density at radius 3 is 2.14 bits per heavy atom. The van der Waals surface area contributed by atoms with Crippen LogP contribution in [0.1, 0.15) is 34.6 Å². The zero-order chi connectivity index (χ0) is 26.0. The average molecular weight is 526 g/mol. The SMILES string of the molecule is CCOc1cc(Cl)c(OCC)c(N=NC(C(C)=O)C(=O)Nc2ccc(OCC)c(OCC)c2Cl)c1. The van der Waals surface area contributed by atoms with Gasteiger partial charge in [0.05, 0.1) is 37.1 Å². The number of hydrogen-bond donors (Lipinski definition) is 1. The largest absolute Gasteiger partial charge is 0.494 e. The molecule has 0 heterocycles. The molecule has 0 aromatic heterocycles. The molecule has 0 saturated carbocycles. The normalized spacial score (nSPS) is 11.7. The molecule has 2 aromatic carbocycles. The van der Waals surface area contributed by atoms with Crippen LogP contribution in [0.4, 0.5) is 11.4 Å². The van der Waals surface area contributed by atoms with Gasteiger partial charge in [-0.05, 0) is 46.8 Å². The lowest BCUT2D eigenvalue weighted by molar-refractivity contribution is -0.126. The Morgan fingerprint density at radius 1 is 0.914 bits per heavy atom. The highest BCUT2D eigenvalue weighted by molar-refractivity contribution is 6.35. The summed E-state index contributed by atoms with van der Waals surface area (Å²) < 4.78 is 22.2. The number of amides is 1. The molecule has 1 unspecified atom stereocenters. The number of benzene rings is 2. The van der Waals surface area contributed by atoms with Gasteiger partial charge in [-0.3, -0.25) is 9.59 Å². The average Bonchev–Trinajstić information content (AvgIpc) is 2.80. The smallest absolute Gasteiger partial charge is 0.258 e. The van der Waals surface area contributed by atoms with Crippen LogP contribution in [0.5, 0.6) is 23.0 Å². The third-order valence-electron chi connectivity index (χ3n) is 4.42. The van der Waals surface area contributed by atoms with Crippen LogP contribution in [0.15, 0.2) is 34.5 Å². The molecule has 9 nitrogen and oxygen atoms in total. The quantitative estimate of drug-likeness (QED) is 0.244. The van der Waals surface area contributed by atoms with Crippen LogP contribution in [-0.2, 0) is 9.59 Å². The Bertz CT molecular complexity index is 1080. The highest BCUT2D eigenvalue weighted by Gasteiger charge is 2.26. The van der Waals surface area contributed by atoms with Gasteiger partial charge in [0, 0.05) is 12.1 Å². The van der Waals surface area contributed by atoms with Gasteiger partial charge in [0.2, 0.25) is 6.04 Å². The Kier molecular flexibility index (Phi) is 11.1. The molecular formula is C24H29Cl2N3O6. The van der Waals surface area contributed by atoms with E-state index >= 15 is 0 Å². The minimum absolute atomic E-state index is 0.139. The van der Waals surface area contributed by atoms with Gasteiger partial charge in [0.1, 0.15) is 16.5 Å². The molecule has 0 saturated heterocycles. The van der Waals surface area contributed by atoms with E-state index in [0.29, 0.717) is 43.7 Å². The van der Waals surface area contributed by atoms with Gasteiger partial charge in [-0.15, -0.1) is 0 Å². The fourth-order valence-electron chi connectivity index (χ4n) is 2.99. The molecule has 1 N–H and O–H groups in total. The van der Waals surface area contributed by atoms with Gasteiger partial charge in [0.25, 0.3) is 5.91 Å². The summed E-state index contributed by atoms with van der Waals surface area (Å²) >= 11 is 12.7. The maximum atomic E-state index is 13.0. The number of rotatable bonds is 13. The van der Waals surface area contributed by atoms with Crippen molar-refractivity contribution < 1.29 is 28.5 Å². The van der Waals surface area contributed by atoms with E-state index in [1.54, 1.807) is 38.1 Å². The molecular weight excluding hydrogens is 497 g/mol. The number of halogens is 2. The summed E-state index contributed by atoms with van der Waals surface area (Å²) in [6, 6.07) is 4.89. The minimum atomic E-state index is -1.45. The summed E-state index contributed by atoms with van der Waals surface area (Å²) in [4.78, 5) is 25.2. The van der Waals surface area contributed by atoms with Crippen molar-refractivity contribution in [2.75, 3.05) is 31.7 Å². The summed E-state index contributed by atoms with van der Waals surface area (Å²) in [7, 11) is 0. The van der Waals surface area contributed by atoms with E-state index in [9.17, 15) is 9.59 Å². The second kappa shape index (κ2) is 13.7. The van der Waals surface area contributed by atoms with Crippen molar-refractivity contribution in [2.45, 2.75) is 40.7 Å². The first-order valence-electron chi connectivity index (χ1n) is 11.2. The van der Waals surface area contributed by atoms with Gasteiger partial charge in [-0.25, -0.2) is 0 Å². The first-order chi connectivity index (χ1) is 16.8. The van der Waals surface area contributed by atoms with E-state index < -0.39 is 17.7 Å². The molecule has 2 rings (SSSR count). The molecule has 0 fully saturated rings. The number of carbonyl (C=O) groups excluding carboxylic acids is 2. The first kappa shape index (κ1) is 28.2. The van der Waals surface area contributed by atoms with Crippen LogP contribution in [0, 0.1) is 0 Å². The van der Waals surface area contributed by atoms with Gasteiger partial charge < -0.3 is 24.3 Å². The maximum absolute atomic E-state index is 13.0. The van der Waals surface area contributed by atoms with E-state index in [0.717, 1.165) is 0 Å². The molecule has 0 spiro atoms. The number of hydrogen-bond acceptors (Lipinski definition) is 8. The van der Waals surface area contributed by atoms with Crippen molar-refractivity contribution >= 4 is 46.3 Å². The molecule has 0 aliphatic carbocycles. The summed E-state index contributed by atoms with van der Waals surface area (Å²) in [6.07, 6.45) is 0. The number of Topliss-reactive ketones (excluding diaryl/α,β-unsaturated/α-hetero) is 1. The standard InChI is InChI=1S/C24H29Cl2N3O6/c1-6-32-15-12-16(25)22(34-8-3)18(13-15)28-29-21(14(5)30)24(31)27-17-10-11-19(33-7-2)23(20(17)26)35-9-4/h10-13,21H,6-9H2,1-5H3,(H,27,31). The van der Waals surface area contributed by atoms with Crippen molar-refractivity contribution in [3.63, 3.8) is 0 Å². The lowest BCUT2D eigenvalue weighted by atomic mass is 10.2. The van der Waals surface area contributed by atoms with Crippen LogP contribution in [0.3, 0.4) is 0 Å². The van der Waals surface area contributed by atoms with Gasteiger partial charge in [-0.1, -0.05) is 23.2 Å². The second-order valence-electron chi connectivity index (χ2n) is 6.96. The van der Waals surface area contributed by atoms with Crippen molar-refractivity contribution in [1.82, 2.24) is 0 Å². The summed E-state index contributed by atoms with van der Waals surface area (Å²) in [5.74, 6) is 0.194. The Balaban J connectivity index is 2.37. The third kappa shape index (κ3) is 7.47. The molecule has 35 heavy (non-hydrogen) atoms. The van der Waals surface area contributed by atoms with Gasteiger partial charge in [0.15, 0.2) is 23.0 Å². The van der Waals surface area contributed by atoms with E-state index in [1.165, 1.54) is 6.92 Å². The molecule has 2 aromatic rings. The van der Waals surface area contributed by atoms with E-state index in [2.05, 4.69) is 15.5 Å². The highest BCUT2D eigenvalue weighted by Crippen LogP contribution is 2.41. The van der Waals surface area contributed by atoms with Crippen LogP contribution in [0.25, 0.3) is 0 Å². The van der Waals surface area contributed by atoms with Crippen molar-refractivity contribution in [3.05, 3.63) is 34.3 Å². The van der Waals surface area contributed by atoms with E-state index in [1.807, 2.05) is 13.8 Å². The number of nitrogens with one attached hydrogen (secondary N) is 1. The van der Waals surface area contributed by atoms with Crippen LogP contribution < -0.4 is 24.3 Å². The monoisotopic (exact) mass is 525 g/mol. The first-order valence-corrected chi connectivity index (χ1v) is 11.9. The molecule has 11 heteroatoms. The number of azo groups is 1. The molecule has 0 bridgehead atoms. The highest BCUT2D eigenvalue weighted by atomic mass is 35.5. The van der Waals surface area contributed by atoms with E-state index in [4.69, 9.17) is 42.1 Å². The number of ether oxygens (including phenoxy) is 4. The molecule has 0 aliphatic heterocycles. The fourth-order valence-corrected chi connectivity index (χ4v) is 3.51. The van der Waals surface area contributed by atoms with Crippen molar-refractivity contribution in [2.24, 2.45) is 10.2 Å². The van der Waals surface area contributed by atoms with Crippen molar-refractivity contribution in [3.8, 4) is 23.0 Å². The fraction of sp³-hybridized carbons (Fsp3) is 0.417. The predicted octanol–water partition coefficient (Wildman–Crippen LogP) is 6.27. The molecule has 190 valence electrons. The third-order valence-corrected chi connectivity index (χ3v) is 5.07. The molecule has 1 atom stereocenters. The summed E-state index contributed by atoms with van der Waals surface area (Å²) in [6.45, 7) is 9.96. The van der Waals surface area contributed by atoms with Gasteiger partial charge >= 0.3 is 0 Å². The number of anilines is 1. The zero-order valence-electron chi connectivity index (χ0n) is 20.3. The number of nitrogens with zero attached hydrogens (tertiary/aromatic N) is 2. The minimum Gasteiger partial charge on any atom is -0.494 e. The summed E-state index contributed by atoms with van der Waals surface area (Å²) in [5.41, 5.74) is 0.459. The lowest BCUT2D eigenvalue weighted by Crippen LogP contribution is -2.32. The Morgan fingerprint density at radius 2 is 1.54 bits per heavy atom. The second-order valence-corrected chi connectivity index (χ2v) is 7.74. The van der Waals surface area contributed by atoms with E-state index in [-0.39, 0.29) is 27.2 Å². The lowest BCUT2D eigenvalue weighted by Gasteiger charge is -2.16. The predicted molar refractivity (Wildman–Crippen MR) is 135 cm³/mol. The maximum Gasteiger partial charge on any atom is 0.258 e. The Labute approximate surface area is 214 Å². The van der Waals surface area contributed by atoms with Crippen molar-refractivity contribution in [1.29, 1.82) is 0 Å². The van der Waals surface area contributed by atoms with Crippen LogP contribution in [-0.4, -0.2) is 44.2 Å².